The number of carbonyl (C=O) groups is 1. The SMILES string of the molecule is O=C(NCCC1CCCO1)c1ccc(C#CCCO)cc1. The van der Waals surface area contributed by atoms with E-state index in [-0.39, 0.29) is 12.5 Å². The second-order valence-electron chi connectivity index (χ2n) is 5.03. The largest absolute Gasteiger partial charge is 0.395 e. The number of aliphatic hydroxyl groups is 1. The van der Waals surface area contributed by atoms with Gasteiger partial charge in [0.15, 0.2) is 0 Å². The lowest BCUT2D eigenvalue weighted by atomic mass is 10.1. The zero-order valence-electron chi connectivity index (χ0n) is 12.1. The van der Waals surface area contributed by atoms with Crippen molar-refractivity contribution in [2.75, 3.05) is 19.8 Å². The third-order valence-electron chi connectivity index (χ3n) is 3.39. The Bertz CT molecular complexity index is 507. The van der Waals surface area contributed by atoms with Gasteiger partial charge < -0.3 is 15.2 Å². The summed E-state index contributed by atoms with van der Waals surface area (Å²) in [5.41, 5.74) is 1.48. The van der Waals surface area contributed by atoms with Crippen LogP contribution in [0.25, 0.3) is 0 Å². The van der Waals surface area contributed by atoms with Crippen molar-refractivity contribution < 1.29 is 14.6 Å². The average molecular weight is 287 g/mol. The molecule has 0 spiro atoms. The summed E-state index contributed by atoms with van der Waals surface area (Å²) in [4.78, 5) is 12.0. The predicted octanol–water partition coefficient (Wildman–Crippen LogP) is 1.72. The summed E-state index contributed by atoms with van der Waals surface area (Å²) in [5, 5.41) is 11.6. The Morgan fingerprint density at radius 2 is 2.19 bits per heavy atom. The Labute approximate surface area is 125 Å². The van der Waals surface area contributed by atoms with Crippen LogP contribution in [-0.2, 0) is 4.74 Å². The lowest BCUT2D eigenvalue weighted by Crippen LogP contribution is -2.26. The van der Waals surface area contributed by atoms with Gasteiger partial charge in [-0.2, -0.15) is 0 Å². The highest BCUT2D eigenvalue weighted by Crippen LogP contribution is 2.14. The van der Waals surface area contributed by atoms with E-state index in [1.165, 1.54) is 0 Å². The normalized spacial score (nSPS) is 17.1. The van der Waals surface area contributed by atoms with Crippen LogP contribution in [0.5, 0.6) is 0 Å². The molecule has 21 heavy (non-hydrogen) atoms. The molecule has 0 aromatic heterocycles. The average Bonchev–Trinajstić information content (AvgIpc) is 3.01. The first-order chi connectivity index (χ1) is 10.3. The standard InChI is InChI=1S/C17H21NO3/c19-12-2-1-4-14-6-8-15(9-7-14)17(20)18-11-10-16-5-3-13-21-16/h6-9,16,19H,2-3,5,10-13H2,(H,18,20). The second kappa shape index (κ2) is 8.46. The molecule has 1 heterocycles. The molecule has 1 aliphatic rings. The fourth-order valence-electron chi connectivity index (χ4n) is 2.25. The minimum atomic E-state index is -0.0668. The molecule has 1 saturated heterocycles. The molecule has 0 saturated carbocycles. The summed E-state index contributed by atoms with van der Waals surface area (Å²) in [6.07, 6.45) is 3.85. The smallest absolute Gasteiger partial charge is 0.251 e. The fraction of sp³-hybridized carbons (Fsp3) is 0.471. The van der Waals surface area contributed by atoms with E-state index in [0.717, 1.165) is 31.4 Å². The topological polar surface area (TPSA) is 58.6 Å². The van der Waals surface area contributed by atoms with E-state index in [4.69, 9.17) is 9.84 Å². The van der Waals surface area contributed by atoms with Gasteiger partial charge in [0.25, 0.3) is 5.91 Å². The number of amides is 1. The van der Waals surface area contributed by atoms with Gasteiger partial charge in [-0.05, 0) is 43.5 Å². The molecular weight excluding hydrogens is 266 g/mol. The van der Waals surface area contributed by atoms with Crippen molar-refractivity contribution in [1.29, 1.82) is 0 Å². The number of nitrogens with one attached hydrogen (secondary N) is 1. The number of benzene rings is 1. The first kappa shape index (κ1) is 15.6. The number of ether oxygens (including phenoxy) is 1. The minimum Gasteiger partial charge on any atom is -0.395 e. The zero-order chi connectivity index (χ0) is 14.9. The summed E-state index contributed by atoms with van der Waals surface area (Å²) in [6, 6.07) is 7.17. The van der Waals surface area contributed by atoms with Crippen molar-refractivity contribution in [2.24, 2.45) is 0 Å². The van der Waals surface area contributed by atoms with E-state index in [1.54, 1.807) is 12.1 Å². The molecular formula is C17H21NO3. The Balaban J connectivity index is 1.78. The van der Waals surface area contributed by atoms with Crippen LogP contribution in [0.2, 0.25) is 0 Å². The van der Waals surface area contributed by atoms with Crippen molar-refractivity contribution in [2.45, 2.75) is 31.8 Å². The third-order valence-corrected chi connectivity index (χ3v) is 3.39. The molecule has 2 rings (SSSR count). The molecule has 112 valence electrons. The highest BCUT2D eigenvalue weighted by atomic mass is 16.5. The van der Waals surface area contributed by atoms with Crippen LogP contribution >= 0.6 is 0 Å². The highest BCUT2D eigenvalue weighted by Gasteiger charge is 2.15. The lowest BCUT2D eigenvalue weighted by molar-refractivity contribution is 0.0907. The van der Waals surface area contributed by atoms with E-state index < -0.39 is 0 Å². The van der Waals surface area contributed by atoms with Crippen LogP contribution < -0.4 is 5.32 Å². The number of hydrogen-bond acceptors (Lipinski definition) is 3. The maximum atomic E-state index is 12.0. The molecule has 1 unspecified atom stereocenters. The minimum absolute atomic E-state index is 0.0668. The van der Waals surface area contributed by atoms with Gasteiger partial charge in [-0.25, -0.2) is 0 Å². The van der Waals surface area contributed by atoms with Crippen LogP contribution in [-0.4, -0.2) is 36.9 Å². The molecule has 1 aromatic carbocycles. The monoisotopic (exact) mass is 287 g/mol. The summed E-state index contributed by atoms with van der Waals surface area (Å²) in [5.74, 6) is 5.72. The van der Waals surface area contributed by atoms with E-state index >= 15 is 0 Å². The maximum absolute atomic E-state index is 12.0. The summed E-state index contributed by atoms with van der Waals surface area (Å²) >= 11 is 0. The number of hydrogen-bond donors (Lipinski definition) is 2. The van der Waals surface area contributed by atoms with Crippen molar-refractivity contribution >= 4 is 5.91 Å². The molecule has 1 aliphatic heterocycles. The van der Waals surface area contributed by atoms with Gasteiger partial charge in [0.2, 0.25) is 0 Å². The van der Waals surface area contributed by atoms with Crippen LogP contribution in [0.1, 0.15) is 41.6 Å². The van der Waals surface area contributed by atoms with Gasteiger partial charge in [0.05, 0.1) is 12.7 Å². The molecule has 0 bridgehead atoms. The summed E-state index contributed by atoms with van der Waals surface area (Å²) < 4.78 is 5.52. The van der Waals surface area contributed by atoms with Crippen molar-refractivity contribution in [1.82, 2.24) is 5.32 Å². The van der Waals surface area contributed by atoms with E-state index in [2.05, 4.69) is 17.2 Å². The first-order valence-electron chi connectivity index (χ1n) is 7.39. The molecule has 1 aromatic rings. The van der Waals surface area contributed by atoms with Gasteiger partial charge >= 0.3 is 0 Å². The van der Waals surface area contributed by atoms with Gasteiger partial charge in [-0.15, -0.1) is 0 Å². The molecule has 4 nitrogen and oxygen atoms in total. The predicted molar refractivity (Wildman–Crippen MR) is 80.9 cm³/mol. The van der Waals surface area contributed by atoms with E-state index in [9.17, 15) is 4.79 Å². The van der Waals surface area contributed by atoms with Crippen LogP contribution in [0.3, 0.4) is 0 Å². The van der Waals surface area contributed by atoms with E-state index in [0.29, 0.717) is 24.6 Å². The fourth-order valence-corrected chi connectivity index (χ4v) is 2.25. The molecule has 0 aliphatic carbocycles. The summed E-state index contributed by atoms with van der Waals surface area (Å²) in [7, 11) is 0. The summed E-state index contributed by atoms with van der Waals surface area (Å²) in [6.45, 7) is 1.55. The highest BCUT2D eigenvalue weighted by molar-refractivity contribution is 5.94. The Hall–Kier alpha value is -1.83. The molecule has 1 fully saturated rings. The third kappa shape index (κ3) is 5.22. The van der Waals surface area contributed by atoms with Crippen molar-refractivity contribution in [3.05, 3.63) is 35.4 Å². The molecule has 2 N–H and O–H groups in total. The van der Waals surface area contributed by atoms with Crippen LogP contribution in [0.4, 0.5) is 0 Å². The van der Waals surface area contributed by atoms with Crippen LogP contribution in [0, 0.1) is 11.8 Å². The van der Waals surface area contributed by atoms with Gasteiger partial charge in [-0.3, -0.25) is 4.79 Å². The molecule has 1 amide bonds. The van der Waals surface area contributed by atoms with E-state index in [1.807, 2.05) is 12.1 Å². The Kier molecular flexibility index (Phi) is 6.26. The molecule has 0 radical (unpaired) electrons. The van der Waals surface area contributed by atoms with Gasteiger partial charge in [-0.1, -0.05) is 11.8 Å². The van der Waals surface area contributed by atoms with Gasteiger partial charge in [0.1, 0.15) is 0 Å². The molecule has 1 atom stereocenters. The number of rotatable bonds is 5. The Morgan fingerprint density at radius 3 is 2.86 bits per heavy atom. The lowest BCUT2D eigenvalue weighted by Gasteiger charge is -2.10. The number of aliphatic hydroxyl groups excluding tert-OH is 1. The second-order valence-corrected chi connectivity index (χ2v) is 5.03. The molecule has 4 heteroatoms. The van der Waals surface area contributed by atoms with Crippen molar-refractivity contribution in [3.63, 3.8) is 0 Å². The zero-order valence-corrected chi connectivity index (χ0v) is 12.1. The maximum Gasteiger partial charge on any atom is 0.251 e. The van der Waals surface area contributed by atoms with Gasteiger partial charge in [0, 0.05) is 30.7 Å². The van der Waals surface area contributed by atoms with Crippen molar-refractivity contribution in [3.8, 4) is 11.8 Å². The first-order valence-corrected chi connectivity index (χ1v) is 7.39. The Morgan fingerprint density at radius 1 is 1.38 bits per heavy atom. The van der Waals surface area contributed by atoms with Crippen LogP contribution in [0.15, 0.2) is 24.3 Å². The number of carbonyl (C=O) groups excluding carboxylic acids is 1. The quantitative estimate of drug-likeness (QED) is 0.811.